The normalized spacial score (nSPS) is 16.7. The van der Waals surface area contributed by atoms with Crippen molar-refractivity contribution in [2.45, 2.75) is 24.9 Å². The summed E-state index contributed by atoms with van der Waals surface area (Å²) in [6.07, 6.45) is 1.29. The number of methoxy groups -OCH3 is 1. The van der Waals surface area contributed by atoms with Crippen LogP contribution in [0.3, 0.4) is 0 Å². The lowest BCUT2D eigenvalue weighted by molar-refractivity contribution is -0.146. The number of carbonyl (C=O) groups is 1. The second-order valence-corrected chi connectivity index (χ2v) is 5.15. The molecule has 0 unspecified atom stereocenters. The van der Waals surface area contributed by atoms with Crippen LogP contribution in [0, 0.1) is 11.6 Å². The molecule has 2 rings (SSSR count). The maximum Gasteiger partial charge on any atom is 0.252 e. The first-order chi connectivity index (χ1) is 10.1. The van der Waals surface area contributed by atoms with Gasteiger partial charge in [0.1, 0.15) is 17.2 Å². The van der Waals surface area contributed by atoms with E-state index in [2.05, 4.69) is 10.6 Å². The molecular formula is C15H21ClF2N2O2. The van der Waals surface area contributed by atoms with Gasteiger partial charge in [0.05, 0.1) is 0 Å². The lowest BCUT2D eigenvalue weighted by Crippen LogP contribution is -2.54. The molecule has 1 aliphatic rings. The largest absolute Gasteiger partial charge is 0.368 e. The Balaban J connectivity index is 0.00000242. The molecule has 0 aliphatic carbocycles. The quantitative estimate of drug-likeness (QED) is 0.863. The lowest BCUT2D eigenvalue weighted by Gasteiger charge is -2.34. The molecule has 22 heavy (non-hydrogen) atoms. The number of ether oxygens (including phenoxy) is 1. The summed E-state index contributed by atoms with van der Waals surface area (Å²) in [5.74, 6) is -1.40. The van der Waals surface area contributed by atoms with Crippen LogP contribution >= 0.6 is 12.4 Å². The van der Waals surface area contributed by atoms with E-state index in [1.807, 2.05) is 0 Å². The Kier molecular flexibility index (Phi) is 7.19. The van der Waals surface area contributed by atoms with Crippen LogP contribution < -0.4 is 10.6 Å². The number of hydrogen-bond donors (Lipinski definition) is 2. The van der Waals surface area contributed by atoms with Crippen LogP contribution in [-0.2, 0) is 16.0 Å². The molecule has 0 aromatic heterocycles. The highest BCUT2D eigenvalue weighted by atomic mass is 35.5. The first-order valence-corrected chi connectivity index (χ1v) is 7.06. The molecule has 0 spiro atoms. The van der Waals surface area contributed by atoms with Gasteiger partial charge in [-0.3, -0.25) is 4.79 Å². The summed E-state index contributed by atoms with van der Waals surface area (Å²) in [7, 11) is 1.52. The molecule has 0 atom stereocenters. The molecule has 0 bridgehead atoms. The SMILES string of the molecule is COC1(C(=O)NCCc2c(F)cccc2F)CCNCC1.Cl. The molecule has 1 amide bonds. The molecule has 124 valence electrons. The monoisotopic (exact) mass is 334 g/mol. The van der Waals surface area contributed by atoms with Crippen LogP contribution in [0.5, 0.6) is 0 Å². The van der Waals surface area contributed by atoms with E-state index in [0.717, 1.165) is 0 Å². The van der Waals surface area contributed by atoms with Gasteiger partial charge in [0.25, 0.3) is 5.91 Å². The summed E-state index contributed by atoms with van der Waals surface area (Å²) in [4.78, 5) is 12.3. The fourth-order valence-corrected chi connectivity index (χ4v) is 2.59. The summed E-state index contributed by atoms with van der Waals surface area (Å²) in [6, 6.07) is 3.75. The number of carbonyl (C=O) groups excluding carboxylic acids is 1. The zero-order chi connectivity index (χ0) is 15.3. The van der Waals surface area contributed by atoms with E-state index in [1.165, 1.54) is 25.3 Å². The minimum atomic E-state index is -0.834. The summed E-state index contributed by atoms with van der Waals surface area (Å²) in [5, 5.41) is 5.89. The molecule has 1 aliphatic heterocycles. The van der Waals surface area contributed by atoms with Crippen molar-refractivity contribution < 1.29 is 18.3 Å². The maximum atomic E-state index is 13.5. The number of rotatable bonds is 5. The number of halogens is 3. The third kappa shape index (κ3) is 4.15. The van der Waals surface area contributed by atoms with Gasteiger partial charge in [-0.25, -0.2) is 8.78 Å². The Morgan fingerprint density at radius 3 is 2.45 bits per heavy atom. The molecule has 1 aromatic carbocycles. The van der Waals surface area contributed by atoms with Gasteiger partial charge in [0.15, 0.2) is 0 Å². The minimum absolute atomic E-state index is 0. The predicted octanol–water partition coefficient (Wildman–Crippen LogP) is 1.81. The van der Waals surface area contributed by atoms with Gasteiger partial charge in [-0.05, 0) is 44.5 Å². The molecule has 4 nitrogen and oxygen atoms in total. The van der Waals surface area contributed by atoms with E-state index in [9.17, 15) is 13.6 Å². The van der Waals surface area contributed by atoms with Gasteiger partial charge in [-0.15, -0.1) is 12.4 Å². The molecule has 1 saturated heterocycles. The second kappa shape index (κ2) is 8.41. The van der Waals surface area contributed by atoms with Crippen LogP contribution in [0.2, 0.25) is 0 Å². The maximum absolute atomic E-state index is 13.5. The molecular weight excluding hydrogens is 314 g/mol. The Morgan fingerprint density at radius 1 is 1.32 bits per heavy atom. The average Bonchev–Trinajstić information content (AvgIpc) is 2.50. The van der Waals surface area contributed by atoms with Crippen LogP contribution in [0.4, 0.5) is 8.78 Å². The van der Waals surface area contributed by atoms with Crippen molar-refractivity contribution in [2.24, 2.45) is 0 Å². The van der Waals surface area contributed by atoms with Gasteiger partial charge in [-0.2, -0.15) is 0 Å². The van der Waals surface area contributed by atoms with Crippen LogP contribution in [0.15, 0.2) is 18.2 Å². The van der Waals surface area contributed by atoms with Crippen LogP contribution in [0.25, 0.3) is 0 Å². The topological polar surface area (TPSA) is 50.4 Å². The Hall–Kier alpha value is -1.24. The molecule has 1 heterocycles. The minimum Gasteiger partial charge on any atom is -0.368 e. The van der Waals surface area contributed by atoms with Gasteiger partial charge < -0.3 is 15.4 Å². The van der Waals surface area contributed by atoms with E-state index >= 15 is 0 Å². The third-order valence-corrected chi connectivity index (χ3v) is 3.94. The van der Waals surface area contributed by atoms with Crippen molar-refractivity contribution in [1.82, 2.24) is 10.6 Å². The number of nitrogens with one attached hydrogen (secondary N) is 2. The van der Waals surface area contributed by atoms with E-state index in [1.54, 1.807) is 0 Å². The van der Waals surface area contributed by atoms with Gasteiger partial charge in [0, 0.05) is 19.2 Å². The number of benzene rings is 1. The Morgan fingerprint density at radius 2 is 1.91 bits per heavy atom. The second-order valence-electron chi connectivity index (χ2n) is 5.15. The predicted molar refractivity (Wildman–Crippen MR) is 82.2 cm³/mol. The average molecular weight is 335 g/mol. The zero-order valence-corrected chi connectivity index (χ0v) is 13.3. The lowest BCUT2D eigenvalue weighted by atomic mass is 9.91. The summed E-state index contributed by atoms with van der Waals surface area (Å²) < 4.78 is 32.4. The van der Waals surface area contributed by atoms with Crippen molar-refractivity contribution >= 4 is 18.3 Å². The van der Waals surface area contributed by atoms with Gasteiger partial charge in [-0.1, -0.05) is 6.07 Å². The standard InChI is InChI=1S/C15H20F2N2O2.ClH/c1-21-15(6-9-18-10-7-15)14(20)19-8-5-11-12(16)3-2-4-13(11)17;/h2-4,18H,5-10H2,1H3,(H,19,20);1H. The fourth-order valence-electron chi connectivity index (χ4n) is 2.59. The van der Waals surface area contributed by atoms with Crippen LogP contribution in [0.1, 0.15) is 18.4 Å². The first-order valence-electron chi connectivity index (χ1n) is 7.06. The van der Waals surface area contributed by atoms with Crippen molar-refractivity contribution in [3.8, 4) is 0 Å². The smallest absolute Gasteiger partial charge is 0.252 e. The van der Waals surface area contributed by atoms with E-state index in [0.29, 0.717) is 25.9 Å². The summed E-state index contributed by atoms with van der Waals surface area (Å²) in [5.41, 5.74) is -0.839. The zero-order valence-electron chi connectivity index (χ0n) is 12.5. The van der Waals surface area contributed by atoms with Gasteiger partial charge >= 0.3 is 0 Å². The van der Waals surface area contributed by atoms with Crippen molar-refractivity contribution in [2.75, 3.05) is 26.7 Å². The molecule has 0 saturated carbocycles. The fraction of sp³-hybridized carbons (Fsp3) is 0.533. The third-order valence-electron chi connectivity index (χ3n) is 3.94. The van der Waals surface area contributed by atoms with Crippen molar-refractivity contribution in [1.29, 1.82) is 0 Å². The first kappa shape index (κ1) is 18.8. The van der Waals surface area contributed by atoms with Crippen LogP contribution in [-0.4, -0.2) is 38.3 Å². The summed E-state index contributed by atoms with van der Waals surface area (Å²) >= 11 is 0. The Labute approximate surface area is 135 Å². The number of amides is 1. The van der Waals surface area contributed by atoms with Crippen molar-refractivity contribution in [3.05, 3.63) is 35.4 Å². The Bertz CT molecular complexity index is 488. The highest BCUT2D eigenvalue weighted by Gasteiger charge is 2.39. The van der Waals surface area contributed by atoms with E-state index in [-0.39, 0.29) is 36.8 Å². The number of hydrogen-bond acceptors (Lipinski definition) is 3. The molecule has 1 fully saturated rings. The summed E-state index contributed by atoms with van der Waals surface area (Å²) in [6.45, 7) is 1.60. The van der Waals surface area contributed by atoms with E-state index < -0.39 is 17.2 Å². The molecule has 7 heteroatoms. The van der Waals surface area contributed by atoms with Crippen molar-refractivity contribution in [3.63, 3.8) is 0 Å². The van der Waals surface area contributed by atoms with E-state index in [4.69, 9.17) is 4.74 Å². The molecule has 2 N–H and O–H groups in total. The van der Waals surface area contributed by atoms with Gasteiger partial charge in [0.2, 0.25) is 0 Å². The highest BCUT2D eigenvalue weighted by molar-refractivity contribution is 5.85. The molecule has 0 radical (unpaired) electrons. The molecule has 1 aromatic rings. The highest BCUT2D eigenvalue weighted by Crippen LogP contribution is 2.22. The number of piperidine rings is 1.